The maximum Gasteiger partial charge on any atom is 0.119 e. The van der Waals surface area contributed by atoms with E-state index >= 15 is 0 Å². The highest BCUT2D eigenvalue weighted by atomic mass is 17.5. The molecule has 1 aromatic rings. The van der Waals surface area contributed by atoms with Gasteiger partial charge in [-0.2, -0.15) is 5.48 Å². The molecule has 0 saturated carbocycles. The molecule has 1 aromatic carbocycles. The van der Waals surface area contributed by atoms with Gasteiger partial charge < -0.3 is 15.6 Å². The average molecular weight is 272 g/mol. The molecule has 1 rings (SSSR count). The Morgan fingerprint density at radius 1 is 1.26 bits per heavy atom. The number of hydrogen-bond donors (Lipinski definition) is 3. The third-order valence-electron chi connectivity index (χ3n) is 2.13. The number of nitrogens with two attached hydrogens (primary N) is 1. The van der Waals surface area contributed by atoms with E-state index in [0.29, 0.717) is 12.3 Å². The highest BCUT2D eigenvalue weighted by molar-refractivity contribution is 5.20. The molecule has 0 amide bonds. The van der Waals surface area contributed by atoms with Crippen LogP contribution in [0.25, 0.3) is 0 Å². The molecule has 4 N–H and O–H groups in total. The van der Waals surface area contributed by atoms with Crippen molar-refractivity contribution in [3.8, 4) is 5.75 Å². The van der Waals surface area contributed by atoms with E-state index in [-0.39, 0.29) is 19.3 Å². The van der Waals surface area contributed by atoms with Crippen LogP contribution in [0.1, 0.15) is 6.92 Å². The standard InChI is InChI=1S/C12H20N2O5/c1-10(7-13)14-18-19-17-9-11(15)8-16-12-5-3-2-4-6-12/h2-6,10-11,14-15H,7-9,13H2,1H3. The average Bonchev–Trinajstić information content (AvgIpc) is 2.45. The summed E-state index contributed by atoms with van der Waals surface area (Å²) in [6.07, 6.45) is -0.823. The first-order chi connectivity index (χ1) is 9.22. The normalized spacial score (nSPS) is 14.1. The maximum atomic E-state index is 9.54. The van der Waals surface area contributed by atoms with Gasteiger partial charge in [0.2, 0.25) is 0 Å². The van der Waals surface area contributed by atoms with Gasteiger partial charge in [-0.3, -0.25) is 0 Å². The van der Waals surface area contributed by atoms with Crippen LogP contribution in [0.15, 0.2) is 30.3 Å². The van der Waals surface area contributed by atoms with Crippen molar-refractivity contribution in [3.05, 3.63) is 30.3 Å². The van der Waals surface area contributed by atoms with Gasteiger partial charge in [0.1, 0.15) is 25.1 Å². The van der Waals surface area contributed by atoms with Crippen molar-refractivity contribution >= 4 is 0 Å². The lowest BCUT2D eigenvalue weighted by Gasteiger charge is -2.12. The second-order valence-corrected chi connectivity index (χ2v) is 3.97. The van der Waals surface area contributed by atoms with Crippen molar-refractivity contribution in [2.75, 3.05) is 19.8 Å². The zero-order valence-electron chi connectivity index (χ0n) is 10.8. The minimum Gasteiger partial charge on any atom is -0.491 e. The third kappa shape index (κ3) is 7.73. The number of hydroxylamine groups is 1. The number of hydrogen-bond acceptors (Lipinski definition) is 7. The molecule has 0 heterocycles. The van der Waals surface area contributed by atoms with Gasteiger partial charge in [-0.15, -0.1) is 4.99 Å². The molecule has 0 spiro atoms. The van der Waals surface area contributed by atoms with Gasteiger partial charge in [-0.05, 0) is 24.1 Å². The van der Waals surface area contributed by atoms with E-state index in [4.69, 9.17) is 10.5 Å². The van der Waals surface area contributed by atoms with Crippen molar-refractivity contribution in [1.82, 2.24) is 5.48 Å². The summed E-state index contributed by atoms with van der Waals surface area (Å²) in [6, 6.07) is 9.11. The van der Waals surface area contributed by atoms with Crippen LogP contribution in [0.2, 0.25) is 0 Å². The summed E-state index contributed by atoms with van der Waals surface area (Å²) >= 11 is 0. The molecule has 0 fully saturated rings. The largest absolute Gasteiger partial charge is 0.491 e. The van der Waals surface area contributed by atoms with Crippen LogP contribution in [0.3, 0.4) is 0 Å². The lowest BCUT2D eigenvalue weighted by molar-refractivity contribution is -0.538. The molecule has 0 bridgehead atoms. The molecular formula is C12H20N2O5. The number of para-hydroxylation sites is 1. The summed E-state index contributed by atoms with van der Waals surface area (Å²) in [7, 11) is 0. The van der Waals surface area contributed by atoms with Gasteiger partial charge in [0.15, 0.2) is 0 Å². The molecule has 7 nitrogen and oxygen atoms in total. The predicted octanol–water partition coefficient (Wildman–Crippen LogP) is 0.158. The highest BCUT2D eigenvalue weighted by Crippen LogP contribution is 2.08. The van der Waals surface area contributed by atoms with E-state index in [1.54, 1.807) is 12.1 Å². The molecule has 0 aromatic heterocycles. The van der Waals surface area contributed by atoms with Gasteiger partial charge in [0.25, 0.3) is 0 Å². The Bertz CT molecular complexity index is 325. The molecule has 2 unspecified atom stereocenters. The Morgan fingerprint density at radius 2 is 2.00 bits per heavy atom. The fourth-order valence-electron chi connectivity index (χ4n) is 1.04. The van der Waals surface area contributed by atoms with Crippen LogP contribution in [0.4, 0.5) is 0 Å². The Kier molecular flexibility index (Phi) is 8.07. The first-order valence-electron chi connectivity index (χ1n) is 5.99. The third-order valence-corrected chi connectivity index (χ3v) is 2.13. The minimum atomic E-state index is -0.823. The van der Waals surface area contributed by atoms with E-state index in [0.717, 1.165) is 0 Å². The second kappa shape index (κ2) is 9.68. The van der Waals surface area contributed by atoms with Crippen molar-refractivity contribution < 1.29 is 24.8 Å². The quantitative estimate of drug-likeness (QED) is 0.317. The van der Waals surface area contributed by atoms with Gasteiger partial charge in [-0.1, -0.05) is 18.2 Å². The number of benzene rings is 1. The number of nitrogens with one attached hydrogen (secondary N) is 1. The Hall–Kier alpha value is -1.22. The summed E-state index contributed by atoms with van der Waals surface area (Å²) in [6.45, 7) is 2.23. The zero-order chi connectivity index (χ0) is 13.9. The molecule has 0 aliphatic heterocycles. The first kappa shape index (κ1) is 15.8. The van der Waals surface area contributed by atoms with Gasteiger partial charge in [0.05, 0.1) is 0 Å². The minimum absolute atomic E-state index is 0.0602. The highest BCUT2D eigenvalue weighted by Gasteiger charge is 2.07. The summed E-state index contributed by atoms with van der Waals surface area (Å²) in [5.41, 5.74) is 7.81. The Morgan fingerprint density at radius 3 is 2.68 bits per heavy atom. The topological polar surface area (TPSA) is 95.2 Å². The monoisotopic (exact) mass is 272 g/mol. The van der Waals surface area contributed by atoms with E-state index in [9.17, 15) is 5.11 Å². The smallest absolute Gasteiger partial charge is 0.119 e. The molecule has 108 valence electrons. The number of aliphatic hydroxyl groups is 1. The van der Waals surface area contributed by atoms with Crippen LogP contribution in [-0.2, 0) is 14.9 Å². The van der Waals surface area contributed by atoms with Crippen LogP contribution >= 0.6 is 0 Å². The molecule has 0 radical (unpaired) electrons. The Labute approximate surface area is 112 Å². The van der Waals surface area contributed by atoms with Crippen molar-refractivity contribution in [2.45, 2.75) is 19.1 Å². The van der Waals surface area contributed by atoms with E-state index in [1.807, 2.05) is 25.1 Å². The molecule has 19 heavy (non-hydrogen) atoms. The molecule has 0 aliphatic rings. The summed E-state index contributed by atoms with van der Waals surface area (Å²) in [5, 5.41) is 13.9. The summed E-state index contributed by atoms with van der Waals surface area (Å²) in [5.74, 6) is 0.678. The van der Waals surface area contributed by atoms with Crippen LogP contribution in [-0.4, -0.2) is 37.0 Å². The molecule has 0 aliphatic carbocycles. The van der Waals surface area contributed by atoms with Gasteiger partial charge in [-0.25, -0.2) is 4.89 Å². The van der Waals surface area contributed by atoms with Gasteiger partial charge >= 0.3 is 0 Å². The lowest BCUT2D eigenvalue weighted by Crippen LogP contribution is -2.33. The van der Waals surface area contributed by atoms with Gasteiger partial charge in [0, 0.05) is 12.6 Å². The molecular weight excluding hydrogens is 252 g/mol. The van der Waals surface area contributed by atoms with Crippen molar-refractivity contribution in [2.24, 2.45) is 5.73 Å². The zero-order valence-corrected chi connectivity index (χ0v) is 10.8. The number of ether oxygens (including phenoxy) is 1. The fraction of sp³-hybridized carbons (Fsp3) is 0.500. The van der Waals surface area contributed by atoms with E-state index in [1.165, 1.54) is 0 Å². The summed E-state index contributed by atoms with van der Waals surface area (Å²) in [4.78, 5) is 9.12. The Balaban J connectivity index is 2.00. The van der Waals surface area contributed by atoms with E-state index in [2.05, 4.69) is 20.4 Å². The van der Waals surface area contributed by atoms with Crippen molar-refractivity contribution in [3.63, 3.8) is 0 Å². The summed E-state index contributed by atoms with van der Waals surface area (Å²) < 4.78 is 5.32. The SMILES string of the molecule is CC(CN)NOOOCC(O)COc1ccccc1. The lowest BCUT2D eigenvalue weighted by atomic mass is 10.3. The van der Waals surface area contributed by atoms with E-state index < -0.39 is 6.10 Å². The molecule has 0 saturated heterocycles. The predicted molar refractivity (Wildman–Crippen MR) is 67.7 cm³/mol. The molecule has 7 heteroatoms. The fourth-order valence-corrected chi connectivity index (χ4v) is 1.04. The van der Waals surface area contributed by atoms with Crippen LogP contribution < -0.4 is 16.0 Å². The second-order valence-electron chi connectivity index (χ2n) is 3.97. The molecule has 2 atom stereocenters. The van der Waals surface area contributed by atoms with Crippen LogP contribution in [0.5, 0.6) is 5.75 Å². The number of rotatable bonds is 10. The first-order valence-corrected chi connectivity index (χ1v) is 5.99. The number of aliphatic hydroxyl groups excluding tert-OH is 1. The van der Waals surface area contributed by atoms with Crippen molar-refractivity contribution in [1.29, 1.82) is 0 Å². The van der Waals surface area contributed by atoms with Crippen LogP contribution in [0, 0.1) is 0 Å². The maximum absolute atomic E-state index is 9.54.